The SMILES string of the molecule is CCCCC(C)(C/C=C/[C@H]1C(CC=C=CCCCC(=O)OC)=C(O[Si](C)(C)C(C)(C)C)C[C@@H]1O[Si](CC)(CC)CC)O[Si](C)(C)C. The van der Waals surface area contributed by atoms with Gasteiger partial charge in [-0.15, -0.1) is 5.73 Å². The van der Waals surface area contributed by atoms with Gasteiger partial charge in [0.2, 0.25) is 8.32 Å². The maximum atomic E-state index is 11.5. The Hall–Kier alpha value is -1.16. The molecule has 0 aromatic heterocycles. The standard InChI is InChI=1S/C38H72O5Si3/c1-15-19-29-38(8,43-44(10,11)12)30-25-27-33-32(26-23-21-20-22-24-28-36(39)40-9)34(41-45(13,14)37(5,6)7)31-35(33)42-46(16-2,17-3)18-4/h20,23,25,27,33,35H,15-19,22,24,26,28-31H2,1-14H3/b27-25+/t21?,33-,35-,38?/m0/s1. The first-order valence-corrected chi connectivity index (χ1v) is 27.1. The van der Waals surface area contributed by atoms with E-state index in [4.69, 9.17) is 18.0 Å². The van der Waals surface area contributed by atoms with Gasteiger partial charge >= 0.3 is 5.97 Å². The smallest absolute Gasteiger partial charge is 0.305 e. The molecule has 0 aliphatic heterocycles. The molecular weight excluding hydrogens is 621 g/mol. The van der Waals surface area contributed by atoms with Crippen molar-refractivity contribution in [3.05, 3.63) is 41.4 Å². The van der Waals surface area contributed by atoms with Crippen molar-refractivity contribution in [1.29, 1.82) is 0 Å². The second-order valence-electron chi connectivity index (χ2n) is 16.1. The lowest BCUT2D eigenvalue weighted by atomic mass is 9.92. The Morgan fingerprint density at radius 3 is 2.11 bits per heavy atom. The largest absolute Gasteiger partial charge is 0.546 e. The molecule has 0 N–H and O–H groups in total. The molecule has 1 aliphatic rings. The molecule has 0 heterocycles. The van der Waals surface area contributed by atoms with Crippen molar-refractivity contribution in [3.63, 3.8) is 0 Å². The van der Waals surface area contributed by atoms with Gasteiger partial charge in [-0.05, 0) is 113 Å². The fraction of sp³-hybridized carbons (Fsp3) is 0.789. The Labute approximate surface area is 288 Å². The lowest BCUT2D eigenvalue weighted by Crippen LogP contribution is -2.42. The van der Waals surface area contributed by atoms with Gasteiger partial charge in [0, 0.05) is 18.8 Å². The van der Waals surface area contributed by atoms with E-state index in [9.17, 15) is 4.79 Å². The van der Waals surface area contributed by atoms with Crippen molar-refractivity contribution in [3.8, 4) is 0 Å². The molecule has 0 saturated heterocycles. The molecule has 266 valence electrons. The van der Waals surface area contributed by atoms with Gasteiger partial charge in [-0.2, -0.15) is 0 Å². The molecule has 5 nitrogen and oxygen atoms in total. The Balaban J connectivity index is 3.58. The van der Waals surface area contributed by atoms with E-state index in [1.807, 2.05) is 6.08 Å². The monoisotopic (exact) mass is 692 g/mol. The number of carbonyl (C=O) groups excluding carboxylic acids is 1. The van der Waals surface area contributed by atoms with E-state index in [1.165, 1.54) is 25.5 Å². The van der Waals surface area contributed by atoms with Gasteiger partial charge in [0.1, 0.15) is 0 Å². The molecule has 46 heavy (non-hydrogen) atoms. The number of rotatable bonds is 21. The van der Waals surface area contributed by atoms with E-state index in [1.54, 1.807) is 0 Å². The zero-order valence-corrected chi connectivity index (χ0v) is 35.5. The van der Waals surface area contributed by atoms with Gasteiger partial charge in [-0.25, -0.2) is 0 Å². The normalized spacial score (nSPS) is 19.3. The number of hydrogen-bond acceptors (Lipinski definition) is 5. The summed E-state index contributed by atoms with van der Waals surface area (Å²) in [5.74, 6) is 1.15. The van der Waals surface area contributed by atoms with Crippen molar-refractivity contribution >= 4 is 30.9 Å². The van der Waals surface area contributed by atoms with Crippen LogP contribution in [-0.2, 0) is 22.8 Å². The highest BCUT2D eigenvalue weighted by molar-refractivity contribution is 6.74. The van der Waals surface area contributed by atoms with Crippen LogP contribution in [0.3, 0.4) is 0 Å². The van der Waals surface area contributed by atoms with Gasteiger partial charge in [0.25, 0.3) is 0 Å². The third-order valence-electron chi connectivity index (χ3n) is 10.1. The summed E-state index contributed by atoms with van der Waals surface area (Å²) in [6, 6.07) is 3.40. The average molecular weight is 693 g/mol. The maximum Gasteiger partial charge on any atom is 0.305 e. The molecule has 0 bridgehead atoms. The molecule has 0 amide bonds. The van der Waals surface area contributed by atoms with Gasteiger partial charge in [-0.3, -0.25) is 4.79 Å². The molecule has 0 spiro atoms. The molecule has 1 unspecified atom stereocenters. The molecule has 1 aliphatic carbocycles. The van der Waals surface area contributed by atoms with Crippen molar-refractivity contribution in [2.75, 3.05) is 7.11 Å². The first-order valence-electron chi connectivity index (χ1n) is 18.2. The summed E-state index contributed by atoms with van der Waals surface area (Å²) in [5, 5.41) is 0.106. The average Bonchev–Trinajstić information content (AvgIpc) is 3.26. The Morgan fingerprint density at radius 2 is 1.59 bits per heavy atom. The molecule has 8 heteroatoms. The van der Waals surface area contributed by atoms with Crippen molar-refractivity contribution in [1.82, 2.24) is 0 Å². The highest BCUT2D eigenvalue weighted by Crippen LogP contribution is 2.46. The number of carbonyl (C=O) groups is 1. The molecule has 0 radical (unpaired) electrons. The summed E-state index contributed by atoms with van der Waals surface area (Å²) in [6.45, 7) is 30.1. The summed E-state index contributed by atoms with van der Waals surface area (Å²) >= 11 is 0. The molecular formula is C38H72O5Si3. The minimum Gasteiger partial charge on any atom is -0.546 e. The first-order chi connectivity index (χ1) is 21.3. The third-order valence-corrected chi connectivity index (χ3v) is 20.2. The Kier molecular flexibility index (Phi) is 17.8. The van der Waals surface area contributed by atoms with Crippen LogP contribution in [-0.4, -0.2) is 49.7 Å². The summed E-state index contributed by atoms with van der Waals surface area (Å²) in [6.07, 6.45) is 17.1. The van der Waals surface area contributed by atoms with Crippen LogP contribution in [0.5, 0.6) is 0 Å². The zero-order chi connectivity index (χ0) is 35.2. The van der Waals surface area contributed by atoms with Crippen LogP contribution < -0.4 is 0 Å². The van der Waals surface area contributed by atoms with E-state index in [0.29, 0.717) is 6.42 Å². The van der Waals surface area contributed by atoms with Crippen molar-refractivity contribution in [2.24, 2.45) is 5.92 Å². The molecule has 0 aromatic rings. The summed E-state index contributed by atoms with van der Waals surface area (Å²) in [5.41, 5.74) is 4.60. The quantitative estimate of drug-likeness (QED) is 0.0394. The van der Waals surface area contributed by atoms with Crippen LogP contribution in [0.25, 0.3) is 0 Å². The van der Waals surface area contributed by atoms with E-state index in [2.05, 4.69) is 112 Å². The van der Waals surface area contributed by atoms with Gasteiger partial charge in [-0.1, -0.05) is 73.5 Å². The minimum atomic E-state index is -2.06. The number of ether oxygens (including phenoxy) is 1. The molecule has 0 fully saturated rings. The Morgan fingerprint density at radius 1 is 0.957 bits per heavy atom. The maximum absolute atomic E-state index is 11.5. The second-order valence-corrected chi connectivity index (χ2v) is 30.0. The summed E-state index contributed by atoms with van der Waals surface area (Å²) < 4.78 is 26.1. The van der Waals surface area contributed by atoms with E-state index in [0.717, 1.165) is 62.4 Å². The van der Waals surface area contributed by atoms with Gasteiger partial charge < -0.3 is 18.0 Å². The summed E-state index contributed by atoms with van der Waals surface area (Å²) in [4.78, 5) is 11.5. The molecule has 0 saturated carbocycles. The topological polar surface area (TPSA) is 54.0 Å². The highest BCUT2D eigenvalue weighted by Gasteiger charge is 2.45. The fourth-order valence-corrected chi connectivity index (χ4v) is 11.8. The van der Waals surface area contributed by atoms with Gasteiger partial charge in [0.15, 0.2) is 16.6 Å². The third kappa shape index (κ3) is 14.1. The molecule has 0 aromatic carbocycles. The number of allylic oxidation sites excluding steroid dienone is 1. The highest BCUT2D eigenvalue weighted by atomic mass is 28.4. The van der Waals surface area contributed by atoms with Crippen molar-refractivity contribution in [2.45, 2.75) is 181 Å². The van der Waals surface area contributed by atoms with E-state index >= 15 is 0 Å². The van der Waals surface area contributed by atoms with Gasteiger partial charge in [0.05, 0.1) is 24.6 Å². The fourth-order valence-electron chi connectivity index (χ4n) is 6.08. The van der Waals surface area contributed by atoms with Crippen LogP contribution in [0.15, 0.2) is 41.4 Å². The minimum absolute atomic E-state index is 0.0924. The predicted octanol–water partition coefficient (Wildman–Crippen LogP) is 11.9. The lowest BCUT2D eigenvalue weighted by Gasteiger charge is -2.37. The van der Waals surface area contributed by atoms with E-state index < -0.39 is 25.0 Å². The second kappa shape index (κ2) is 19.1. The number of hydrogen-bond donors (Lipinski definition) is 0. The predicted molar refractivity (Wildman–Crippen MR) is 205 cm³/mol. The number of esters is 1. The molecule has 1 rings (SSSR count). The van der Waals surface area contributed by atoms with Crippen LogP contribution >= 0.6 is 0 Å². The van der Waals surface area contributed by atoms with Crippen LogP contribution in [0, 0.1) is 5.92 Å². The van der Waals surface area contributed by atoms with Crippen LogP contribution in [0.2, 0.25) is 55.9 Å². The summed E-state index contributed by atoms with van der Waals surface area (Å²) in [7, 11) is -4.20. The zero-order valence-electron chi connectivity index (χ0n) is 32.5. The first kappa shape index (κ1) is 42.9. The number of unbranched alkanes of at least 4 members (excludes halogenated alkanes) is 2. The number of methoxy groups -OCH3 is 1. The van der Waals surface area contributed by atoms with Crippen LogP contribution in [0.4, 0.5) is 0 Å². The van der Waals surface area contributed by atoms with E-state index in [-0.39, 0.29) is 28.6 Å². The van der Waals surface area contributed by atoms with Crippen LogP contribution in [0.1, 0.15) is 113 Å². The van der Waals surface area contributed by atoms with Crippen molar-refractivity contribution < 1.29 is 22.8 Å². The molecule has 3 atom stereocenters. The lowest BCUT2D eigenvalue weighted by molar-refractivity contribution is -0.140. The Bertz CT molecular complexity index is 1050.